The van der Waals surface area contributed by atoms with E-state index in [1.807, 2.05) is 24.4 Å². The highest BCUT2D eigenvalue weighted by molar-refractivity contribution is 5.86. The van der Waals surface area contributed by atoms with Crippen LogP contribution < -0.4 is 0 Å². The summed E-state index contributed by atoms with van der Waals surface area (Å²) in [7, 11) is 0. The zero-order valence-electron chi connectivity index (χ0n) is 9.28. The van der Waals surface area contributed by atoms with Crippen molar-refractivity contribution in [2.75, 3.05) is 0 Å². The van der Waals surface area contributed by atoms with Crippen molar-refractivity contribution in [3.05, 3.63) is 36.0 Å². The third-order valence-corrected chi connectivity index (χ3v) is 2.58. The van der Waals surface area contributed by atoms with Gasteiger partial charge in [-0.05, 0) is 39.0 Å². The Morgan fingerprint density at radius 3 is 2.53 bits per heavy atom. The molecular weight excluding hydrogens is 184 g/mol. The standard InChI is InChI=1S/C13H14N2/c1-13(2,3)15-8-7-11-10(9-14)5-4-6-12(11)15/h4-8H,1-3H3. The molecule has 0 aliphatic rings. The van der Waals surface area contributed by atoms with Gasteiger partial charge in [-0.2, -0.15) is 5.26 Å². The number of nitrogens with zero attached hydrogens (tertiary/aromatic N) is 2. The van der Waals surface area contributed by atoms with E-state index < -0.39 is 0 Å². The molecule has 0 amide bonds. The summed E-state index contributed by atoms with van der Waals surface area (Å²) < 4.78 is 2.20. The molecule has 0 aliphatic carbocycles. The van der Waals surface area contributed by atoms with E-state index in [1.54, 1.807) is 0 Å². The minimum Gasteiger partial charge on any atom is -0.342 e. The van der Waals surface area contributed by atoms with Gasteiger partial charge in [0.1, 0.15) is 0 Å². The summed E-state index contributed by atoms with van der Waals surface area (Å²) in [5, 5.41) is 10.0. The Hall–Kier alpha value is -1.75. The van der Waals surface area contributed by atoms with E-state index in [9.17, 15) is 0 Å². The van der Waals surface area contributed by atoms with Crippen LogP contribution in [0.1, 0.15) is 26.3 Å². The minimum atomic E-state index is 0.0514. The molecule has 0 fully saturated rings. The average Bonchev–Trinajstić information content (AvgIpc) is 2.59. The van der Waals surface area contributed by atoms with E-state index >= 15 is 0 Å². The summed E-state index contributed by atoms with van der Waals surface area (Å²) >= 11 is 0. The second kappa shape index (κ2) is 3.13. The van der Waals surface area contributed by atoms with E-state index in [0.29, 0.717) is 0 Å². The van der Waals surface area contributed by atoms with Gasteiger partial charge in [0.05, 0.1) is 11.6 Å². The van der Waals surface area contributed by atoms with Crippen LogP contribution in [-0.4, -0.2) is 4.57 Å². The van der Waals surface area contributed by atoms with Gasteiger partial charge >= 0.3 is 0 Å². The van der Waals surface area contributed by atoms with Crippen LogP contribution in [0.25, 0.3) is 10.9 Å². The Bertz CT molecular complexity index is 536. The molecule has 0 spiro atoms. The Morgan fingerprint density at radius 1 is 1.20 bits per heavy atom. The van der Waals surface area contributed by atoms with Crippen LogP contribution in [0.5, 0.6) is 0 Å². The molecule has 0 bridgehead atoms. The quantitative estimate of drug-likeness (QED) is 0.638. The van der Waals surface area contributed by atoms with Crippen molar-refractivity contribution in [3.63, 3.8) is 0 Å². The molecule has 0 saturated carbocycles. The van der Waals surface area contributed by atoms with Gasteiger partial charge in [-0.15, -0.1) is 0 Å². The number of hydrogen-bond donors (Lipinski definition) is 0. The fourth-order valence-corrected chi connectivity index (χ4v) is 1.85. The third-order valence-electron chi connectivity index (χ3n) is 2.58. The van der Waals surface area contributed by atoms with Crippen LogP contribution in [0.2, 0.25) is 0 Å². The number of nitriles is 1. The van der Waals surface area contributed by atoms with Crippen molar-refractivity contribution in [1.82, 2.24) is 4.57 Å². The predicted molar refractivity (Wildman–Crippen MR) is 61.6 cm³/mol. The number of hydrogen-bond acceptors (Lipinski definition) is 1. The molecule has 1 aromatic heterocycles. The van der Waals surface area contributed by atoms with E-state index in [0.717, 1.165) is 16.5 Å². The van der Waals surface area contributed by atoms with Gasteiger partial charge in [0, 0.05) is 22.6 Å². The lowest BCUT2D eigenvalue weighted by atomic mass is 10.1. The molecule has 1 aromatic carbocycles. The van der Waals surface area contributed by atoms with Crippen LogP contribution >= 0.6 is 0 Å². The van der Waals surface area contributed by atoms with Crippen molar-refractivity contribution < 1.29 is 0 Å². The van der Waals surface area contributed by atoms with Gasteiger partial charge in [-0.25, -0.2) is 0 Å². The highest BCUT2D eigenvalue weighted by atomic mass is 15.0. The molecule has 2 aromatic rings. The molecule has 0 atom stereocenters. The highest BCUT2D eigenvalue weighted by Gasteiger charge is 2.15. The van der Waals surface area contributed by atoms with Gasteiger partial charge in [-0.3, -0.25) is 0 Å². The van der Waals surface area contributed by atoms with E-state index in [1.165, 1.54) is 0 Å². The fraction of sp³-hybridized carbons (Fsp3) is 0.308. The Morgan fingerprint density at radius 2 is 1.93 bits per heavy atom. The molecule has 1 heterocycles. The summed E-state index contributed by atoms with van der Waals surface area (Å²) in [5.41, 5.74) is 1.92. The number of rotatable bonds is 0. The third kappa shape index (κ3) is 1.50. The summed E-state index contributed by atoms with van der Waals surface area (Å²) in [6.07, 6.45) is 2.05. The van der Waals surface area contributed by atoms with Crippen LogP contribution in [0.3, 0.4) is 0 Å². The molecule has 0 unspecified atom stereocenters. The summed E-state index contributed by atoms with van der Waals surface area (Å²) in [6.45, 7) is 6.47. The Kier molecular flexibility index (Phi) is 2.04. The lowest BCUT2D eigenvalue weighted by molar-refractivity contribution is 0.411. The van der Waals surface area contributed by atoms with Crippen LogP contribution in [0, 0.1) is 11.3 Å². The number of benzene rings is 1. The van der Waals surface area contributed by atoms with Crippen molar-refractivity contribution in [3.8, 4) is 6.07 Å². The van der Waals surface area contributed by atoms with Crippen molar-refractivity contribution in [1.29, 1.82) is 5.26 Å². The number of aromatic nitrogens is 1. The monoisotopic (exact) mass is 198 g/mol. The van der Waals surface area contributed by atoms with Crippen molar-refractivity contribution in [2.24, 2.45) is 0 Å². The largest absolute Gasteiger partial charge is 0.342 e. The summed E-state index contributed by atoms with van der Waals surface area (Å²) in [6, 6.07) is 10.1. The molecule has 0 radical (unpaired) electrons. The normalized spacial score (nSPS) is 11.6. The highest BCUT2D eigenvalue weighted by Crippen LogP contribution is 2.25. The first-order valence-electron chi connectivity index (χ1n) is 5.05. The second-order valence-corrected chi connectivity index (χ2v) is 4.71. The molecule has 2 nitrogen and oxygen atoms in total. The van der Waals surface area contributed by atoms with Gasteiger partial charge in [-0.1, -0.05) is 6.07 Å². The lowest BCUT2D eigenvalue weighted by Gasteiger charge is -2.22. The van der Waals surface area contributed by atoms with Crippen LogP contribution in [-0.2, 0) is 5.54 Å². The Labute approximate surface area is 89.7 Å². The molecule has 0 saturated heterocycles. The molecule has 0 aliphatic heterocycles. The molecule has 0 N–H and O–H groups in total. The van der Waals surface area contributed by atoms with Crippen molar-refractivity contribution in [2.45, 2.75) is 26.3 Å². The topological polar surface area (TPSA) is 28.7 Å². The zero-order valence-corrected chi connectivity index (χ0v) is 9.28. The zero-order chi connectivity index (χ0) is 11.1. The maximum absolute atomic E-state index is 8.99. The minimum absolute atomic E-state index is 0.0514. The molecular formula is C13H14N2. The maximum atomic E-state index is 8.99. The van der Waals surface area contributed by atoms with Gasteiger partial charge in [0.15, 0.2) is 0 Å². The first-order chi connectivity index (χ1) is 7.04. The van der Waals surface area contributed by atoms with Gasteiger partial charge < -0.3 is 4.57 Å². The van der Waals surface area contributed by atoms with E-state index in [2.05, 4.69) is 37.5 Å². The summed E-state index contributed by atoms with van der Waals surface area (Å²) in [5.74, 6) is 0. The number of fused-ring (bicyclic) bond motifs is 1. The van der Waals surface area contributed by atoms with Gasteiger partial charge in [0.25, 0.3) is 0 Å². The first kappa shape index (κ1) is 9.79. The van der Waals surface area contributed by atoms with Crippen molar-refractivity contribution >= 4 is 10.9 Å². The smallest absolute Gasteiger partial charge is 0.0998 e. The summed E-state index contributed by atoms with van der Waals surface area (Å²) in [4.78, 5) is 0. The molecule has 2 rings (SSSR count). The van der Waals surface area contributed by atoms with Gasteiger partial charge in [0.2, 0.25) is 0 Å². The fourth-order valence-electron chi connectivity index (χ4n) is 1.85. The van der Waals surface area contributed by atoms with Crippen LogP contribution in [0.15, 0.2) is 30.5 Å². The SMILES string of the molecule is CC(C)(C)n1ccc2c(C#N)cccc21. The Balaban J connectivity index is 2.79. The van der Waals surface area contributed by atoms with E-state index in [-0.39, 0.29) is 5.54 Å². The predicted octanol–water partition coefficient (Wildman–Crippen LogP) is 3.27. The molecule has 15 heavy (non-hydrogen) atoms. The molecule has 2 heteroatoms. The average molecular weight is 198 g/mol. The first-order valence-corrected chi connectivity index (χ1v) is 5.05. The van der Waals surface area contributed by atoms with Crippen LogP contribution in [0.4, 0.5) is 0 Å². The van der Waals surface area contributed by atoms with E-state index in [4.69, 9.17) is 5.26 Å². The lowest BCUT2D eigenvalue weighted by Crippen LogP contribution is -2.20. The molecule has 76 valence electrons. The maximum Gasteiger partial charge on any atom is 0.0998 e. The second-order valence-electron chi connectivity index (χ2n) is 4.71.